The first kappa shape index (κ1) is 19.3. The molecule has 4 rings (SSSR count). The van der Waals surface area contributed by atoms with Crippen LogP contribution >= 0.6 is 0 Å². The molecule has 29 heavy (non-hydrogen) atoms. The Balaban J connectivity index is 1.43. The van der Waals surface area contributed by atoms with Crippen molar-refractivity contribution >= 4 is 23.0 Å². The first-order valence-corrected chi connectivity index (χ1v) is 9.80. The van der Waals surface area contributed by atoms with Gasteiger partial charge in [0, 0.05) is 50.0 Å². The number of carbonyl (C=O) groups excluding carboxylic acids is 1. The summed E-state index contributed by atoms with van der Waals surface area (Å²) in [6.07, 6.45) is 3.18. The van der Waals surface area contributed by atoms with Gasteiger partial charge in [0.15, 0.2) is 0 Å². The van der Waals surface area contributed by atoms with Crippen molar-refractivity contribution in [3.63, 3.8) is 0 Å². The number of piperazine rings is 1. The van der Waals surface area contributed by atoms with Crippen LogP contribution in [0.3, 0.4) is 0 Å². The van der Waals surface area contributed by atoms with Crippen molar-refractivity contribution in [3.8, 4) is 0 Å². The molecule has 1 fully saturated rings. The molecule has 0 atom stereocenters. The fourth-order valence-corrected chi connectivity index (χ4v) is 3.77. The van der Waals surface area contributed by atoms with Crippen LogP contribution in [0.2, 0.25) is 0 Å². The number of fused-ring (bicyclic) bond motifs is 1. The van der Waals surface area contributed by atoms with Gasteiger partial charge in [-0.3, -0.25) is 19.5 Å². The molecule has 2 aromatic heterocycles. The van der Waals surface area contributed by atoms with E-state index < -0.39 is 0 Å². The van der Waals surface area contributed by atoms with E-state index in [1.165, 1.54) is 6.07 Å². The molecule has 0 amide bonds. The summed E-state index contributed by atoms with van der Waals surface area (Å²) in [4.78, 5) is 34.5. The molecule has 1 saturated heterocycles. The lowest BCUT2D eigenvalue weighted by Crippen LogP contribution is -2.46. The van der Waals surface area contributed by atoms with Gasteiger partial charge in [-0.05, 0) is 42.3 Å². The summed E-state index contributed by atoms with van der Waals surface area (Å²) < 4.78 is 14.2. The number of hydrogen-bond acceptors (Lipinski definition) is 5. The molecule has 3 aromatic rings. The quantitative estimate of drug-likeness (QED) is 0.674. The van der Waals surface area contributed by atoms with Crippen molar-refractivity contribution < 1.29 is 9.18 Å². The summed E-state index contributed by atoms with van der Waals surface area (Å²) in [6.45, 7) is 5.66. The van der Waals surface area contributed by atoms with Gasteiger partial charge < -0.3 is 9.88 Å². The molecule has 0 saturated carbocycles. The van der Waals surface area contributed by atoms with Crippen LogP contribution in [0.1, 0.15) is 28.4 Å². The number of nitrogens with zero attached hydrogens (tertiary/aromatic N) is 3. The van der Waals surface area contributed by atoms with E-state index in [1.54, 1.807) is 12.1 Å². The van der Waals surface area contributed by atoms with E-state index in [0.717, 1.165) is 41.8 Å². The molecule has 0 radical (unpaired) electrons. The van der Waals surface area contributed by atoms with Crippen molar-refractivity contribution in [2.24, 2.45) is 0 Å². The van der Waals surface area contributed by atoms with Crippen LogP contribution in [0.4, 0.5) is 10.1 Å². The van der Waals surface area contributed by atoms with E-state index in [9.17, 15) is 14.0 Å². The van der Waals surface area contributed by atoms with Crippen molar-refractivity contribution in [2.45, 2.75) is 19.9 Å². The second-order valence-electron chi connectivity index (χ2n) is 7.35. The number of H-pyrrole nitrogens is 1. The maximum absolute atomic E-state index is 14.2. The number of anilines is 1. The first-order valence-electron chi connectivity index (χ1n) is 9.80. The van der Waals surface area contributed by atoms with Crippen molar-refractivity contribution in [1.29, 1.82) is 0 Å². The van der Waals surface area contributed by atoms with Gasteiger partial charge in [-0.25, -0.2) is 4.39 Å². The normalized spacial score (nSPS) is 15.0. The van der Waals surface area contributed by atoms with Gasteiger partial charge in [0.1, 0.15) is 12.1 Å². The average molecular weight is 394 g/mol. The van der Waals surface area contributed by atoms with Gasteiger partial charge >= 0.3 is 0 Å². The number of aromatic amines is 1. The summed E-state index contributed by atoms with van der Waals surface area (Å²) in [5, 5.41) is 0. The molecule has 0 bridgehead atoms. The van der Waals surface area contributed by atoms with Crippen molar-refractivity contribution in [1.82, 2.24) is 14.9 Å². The van der Waals surface area contributed by atoms with Gasteiger partial charge in [-0.1, -0.05) is 6.92 Å². The molecule has 0 unspecified atom stereocenters. The number of aryl methyl sites for hydroxylation is 1. The summed E-state index contributed by atoms with van der Waals surface area (Å²) >= 11 is 0. The standard InChI is InChI=1S/C22H23FN4O2/c1-2-17-11-19-20(25-22(17)29)10-16(12-24-19)13-26-5-7-27(8-6-26)21-4-3-15(14-28)9-18(21)23/h3-4,9-12,14H,2,5-8,13H2,1H3,(H,25,29). The van der Waals surface area contributed by atoms with E-state index >= 15 is 0 Å². The predicted octanol–water partition coefficient (Wildman–Crippen LogP) is 2.76. The lowest BCUT2D eigenvalue weighted by Gasteiger charge is -2.36. The molecule has 1 aromatic carbocycles. The SMILES string of the molecule is CCc1cc2ncc(CN3CCN(c4ccc(C=O)cc4F)CC3)cc2[nH]c1=O. The number of benzene rings is 1. The number of aldehydes is 1. The highest BCUT2D eigenvalue weighted by Gasteiger charge is 2.20. The maximum atomic E-state index is 14.2. The highest BCUT2D eigenvalue weighted by molar-refractivity contribution is 5.76. The number of nitrogens with one attached hydrogen (secondary N) is 1. The van der Waals surface area contributed by atoms with Crippen molar-refractivity contribution in [3.05, 3.63) is 69.4 Å². The Morgan fingerprint density at radius 2 is 1.97 bits per heavy atom. The Hall–Kier alpha value is -3.06. The van der Waals surface area contributed by atoms with E-state index in [0.29, 0.717) is 37.0 Å². The van der Waals surface area contributed by atoms with Crippen molar-refractivity contribution in [2.75, 3.05) is 31.1 Å². The third-order valence-corrected chi connectivity index (χ3v) is 5.43. The number of pyridine rings is 2. The Morgan fingerprint density at radius 1 is 1.17 bits per heavy atom. The zero-order valence-electron chi connectivity index (χ0n) is 16.3. The molecule has 6 nitrogen and oxygen atoms in total. The highest BCUT2D eigenvalue weighted by Crippen LogP contribution is 2.22. The number of rotatable bonds is 5. The fourth-order valence-electron chi connectivity index (χ4n) is 3.77. The molecule has 1 aliphatic heterocycles. The second kappa shape index (κ2) is 8.13. The largest absolute Gasteiger partial charge is 0.367 e. The van der Waals surface area contributed by atoms with E-state index in [2.05, 4.69) is 14.9 Å². The molecule has 0 aliphatic carbocycles. The van der Waals surface area contributed by atoms with Crippen LogP contribution in [0.25, 0.3) is 11.0 Å². The van der Waals surface area contributed by atoms with Gasteiger partial charge in [0.25, 0.3) is 5.56 Å². The maximum Gasteiger partial charge on any atom is 0.251 e. The third-order valence-electron chi connectivity index (χ3n) is 5.43. The first-order chi connectivity index (χ1) is 14.1. The molecule has 7 heteroatoms. The van der Waals surface area contributed by atoms with E-state index in [1.807, 2.05) is 30.2 Å². The minimum absolute atomic E-state index is 0.0600. The molecular weight excluding hydrogens is 371 g/mol. The Morgan fingerprint density at radius 3 is 2.66 bits per heavy atom. The predicted molar refractivity (Wildman–Crippen MR) is 111 cm³/mol. The molecular formula is C22H23FN4O2. The number of halogens is 1. The lowest BCUT2D eigenvalue weighted by atomic mass is 10.1. The Labute approximate surface area is 168 Å². The molecule has 150 valence electrons. The smallest absolute Gasteiger partial charge is 0.251 e. The Bertz CT molecular complexity index is 1100. The van der Waals surface area contributed by atoms with Gasteiger partial charge in [0.05, 0.1) is 16.7 Å². The van der Waals surface area contributed by atoms with Crippen LogP contribution in [0.5, 0.6) is 0 Å². The topological polar surface area (TPSA) is 69.3 Å². The monoisotopic (exact) mass is 394 g/mol. The highest BCUT2D eigenvalue weighted by atomic mass is 19.1. The minimum Gasteiger partial charge on any atom is -0.367 e. The van der Waals surface area contributed by atoms with Crippen LogP contribution in [-0.4, -0.2) is 47.3 Å². The third kappa shape index (κ3) is 4.05. The Kier molecular flexibility index (Phi) is 5.40. The molecule has 3 heterocycles. The van der Waals surface area contributed by atoms with Gasteiger partial charge in [-0.2, -0.15) is 0 Å². The van der Waals surface area contributed by atoms with Crippen LogP contribution in [0, 0.1) is 5.82 Å². The van der Waals surface area contributed by atoms with Gasteiger partial charge in [0.2, 0.25) is 0 Å². The number of hydrogen-bond donors (Lipinski definition) is 1. The van der Waals surface area contributed by atoms with Crippen LogP contribution in [-0.2, 0) is 13.0 Å². The van der Waals surface area contributed by atoms with E-state index in [-0.39, 0.29) is 11.4 Å². The minimum atomic E-state index is -0.364. The van der Waals surface area contributed by atoms with Crippen LogP contribution < -0.4 is 10.5 Å². The summed E-state index contributed by atoms with van der Waals surface area (Å²) in [7, 11) is 0. The zero-order chi connectivity index (χ0) is 20.4. The van der Waals surface area contributed by atoms with E-state index in [4.69, 9.17) is 0 Å². The fraction of sp³-hybridized carbons (Fsp3) is 0.318. The zero-order valence-corrected chi connectivity index (χ0v) is 16.3. The van der Waals surface area contributed by atoms with Crippen LogP contribution in [0.15, 0.2) is 41.3 Å². The van der Waals surface area contributed by atoms with Gasteiger partial charge in [-0.15, -0.1) is 0 Å². The number of carbonyl (C=O) groups is 1. The molecule has 0 spiro atoms. The summed E-state index contributed by atoms with van der Waals surface area (Å²) in [5.41, 5.74) is 4.14. The summed E-state index contributed by atoms with van der Waals surface area (Å²) in [5.74, 6) is -0.364. The molecule has 1 N–H and O–H groups in total. The summed E-state index contributed by atoms with van der Waals surface area (Å²) in [6, 6.07) is 8.42. The second-order valence-corrected chi connectivity index (χ2v) is 7.35. The number of aromatic nitrogens is 2. The lowest BCUT2D eigenvalue weighted by molar-refractivity contribution is 0.112. The molecule has 1 aliphatic rings. The average Bonchev–Trinajstić information content (AvgIpc) is 2.74.